The predicted octanol–water partition coefficient (Wildman–Crippen LogP) is 4.16. The van der Waals surface area contributed by atoms with E-state index in [2.05, 4.69) is 21.3 Å². The highest BCUT2D eigenvalue weighted by Crippen LogP contribution is 2.48. The van der Waals surface area contributed by atoms with Crippen LogP contribution in [0.1, 0.15) is 35.8 Å². The van der Waals surface area contributed by atoms with Crippen molar-refractivity contribution < 1.29 is 4.79 Å². The molecule has 0 radical (unpaired) electrons. The van der Waals surface area contributed by atoms with E-state index in [0.29, 0.717) is 29.4 Å². The third-order valence-electron chi connectivity index (χ3n) is 6.03. The molecule has 5 rings (SSSR count). The van der Waals surface area contributed by atoms with Crippen molar-refractivity contribution >= 4 is 23.3 Å². The van der Waals surface area contributed by atoms with Gasteiger partial charge in [0.1, 0.15) is 12.1 Å². The van der Waals surface area contributed by atoms with Crippen LogP contribution < -0.4 is 10.6 Å². The first kappa shape index (κ1) is 20.0. The average Bonchev–Trinajstić information content (AvgIpc) is 3.33. The Labute approximate surface area is 189 Å². The number of H-pyrrole nitrogens is 1. The second-order valence-corrected chi connectivity index (χ2v) is 8.28. The van der Waals surface area contributed by atoms with Gasteiger partial charge >= 0.3 is 0 Å². The quantitative estimate of drug-likeness (QED) is 0.630. The molecule has 1 aliphatic carbocycles. The maximum atomic E-state index is 13.6. The van der Waals surface area contributed by atoms with Gasteiger partial charge in [0.15, 0.2) is 5.78 Å². The van der Waals surface area contributed by atoms with Crippen LogP contribution >= 0.6 is 11.6 Å². The van der Waals surface area contributed by atoms with Crippen LogP contribution in [0.15, 0.2) is 83.6 Å². The topological polar surface area (TPSA) is 112 Å². The SMILES string of the molecule is N#CC1=C(N)N(c2ncn[nH]2)C2=C(C(=O)C[C@H](c3ccccc3)C2)[C@@H]1c1cccc(Cl)c1. The Morgan fingerprint density at radius 1 is 1.12 bits per heavy atom. The predicted molar refractivity (Wildman–Crippen MR) is 120 cm³/mol. The van der Waals surface area contributed by atoms with Crippen molar-refractivity contribution in [1.29, 1.82) is 5.26 Å². The molecule has 0 unspecified atom stereocenters. The molecule has 2 heterocycles. The summed E-state index contributed by atoms with van der Waals surface area (Å²) in [5.74, 6) is -0.0143. The molecule has 0 spiro atoms. The molecular weight excluding hydrogens is 424 g/mol. The molecule has 2 atom stereocenters. The Bertz CT molecular complexity index is 1290. The van der Waals surface area contributed by atoms with Crippen molar-refractivity contribution in [3.05, 3.63) is 99.7 Å². The van der Waals surface area contributed by atoms with Crippen LogP contribution in [0.4, 0.5) is 5.95 Å². The van der Waals surface area contributed by atoms with Crippen LogP contribution in [0.5, 0.6) is 0 Å². The van der Waals surface area contributed by atoms with Crippen LogP contribution in [-0.4, -0.2) is 21.0 Å². The van der Waals surface area contributed by atoms with Gasteiger partial charge in [-0.15, -0.1) is 0 Å². The number of nitrogens with zero attached hydrogens (tertiary/aromatic N) is 4. The molecule has 7 nitrogen and oxygen atoms in total. The average molecular weight is 443 g/mol. The highest BCUT2D eigenvalue weighted by Gasteiger charge is 2.43. The summed E-state index contributed by atoms with van der Waals surface area (Å²) in [6, 6.07) is 19.4. The Morgan fingerprint density at radius 2 is 1.91 bits per heavy atom. The Morgan fingerprint density at radius 3 is 2.59 bits per heavy atom. The van der Waals surface area contributed by atoms with Crippen molar-refractivity contribution in [3.8, 4) is 6.07 Å². The second kappa shape index (κ2) is 7.98. The van der Waals surface area contributed by atoms with Crippen molar-refractivity contribution in [2.45, 2.75) is 24.7 Å². The van der Waals surface area contributed by atoms with Gasteiger partial charge in [0.2, 0.25) is 5.95 Å². The number of carbonyl (C=O) groups is 1. The van der Waals surface area contributed by atoms with Crippen LogP contribution in [0.2, 0.25) is 5.02 Å². The van der Waals surface area contributed by atoms with Gasteiger partial charge in [-0.3, -0.25) is 9.69 Å². The Balaban J connectivity index is 1.72. The van der Waals surface area contributed by atoms with E-state index in [1.54, 1.807) is 17.0 Å². The number of benzene rings is 2. The van der Waals surface area contributed by atoms with Gasteiger partial charge in [-0.2, -0.15) is 15.3 Å². The second-order valence-electron chi connectivity index (χ2n) is 7.84. The summed E-state index contributed by atoms with van der Waals surface area (Å²) < 4.78 is 0. The van der Waals surface area contributed by atoms with E-state index in [9.17, 15) is 10.1 Å². The molecule has 0 amide bonds. The van der Waals surface area contributed by atoms with Gasteiger partial charge in [0, 0.05) is 22.7 Å². The standard InChI is InChI=1S/C24H19ClN6O/c25-17-8-4-7-15(9-17)21-18(12-26)23(27)31(24-28-13-29-30-24)19-10-16(11-20(32)22(19)21)14-5-2-1-3-6-14/h1-9,13,16,21H,10-11,27H2,(H,28,29,30)/t16-,21-/m1/s1. The smallest absolute Gasteiger partial charge is 0.231 e. The number of nitriles is 1. The molecule has 2 aliphatic rings. The maximum Gasteiger partial charge on any atom is 0.231 e. The van der Waals surface area contributed by atoms with Gasteiger partial charge in [-0.1, -0.05) is 54.1 Å². The first-order valence-electron chi connectivity index (χ1n) is 10.2. The fraction of sp³-hybridized carbons (Fsp3) is 0.167. The van der Waals surface area contributed by atoms with Gasteiger partial charge in [-0.05, 0) is 35.6 Å². The number of hydrogen-bond donors (Lipinski definition) is 2. The van der Waals surface area contributed by atoms with Crippen LogP contribution in [0.25, 0.3) is 0 Å². The minimum atomic E-state index is -0.586. The number of aromatic amines is 1. The van der Waals surface area contributed by atoms with Gasteiger partial charge in [-0.25, -0.2) is 5.10 Å². The van der Waals surface area contributed by atoms with Crippen LogP contribution in [0, 0.1) is 11.3 Å². The highest BCUT2D eigenvalue weighted by molar-refractivity contribution is 6.30. The zero-order valence-corrected chi connectivity index (χ0v) is 17.8. The molecule has 1 aliphatic heterocycles. The molecule has 0 bridgehead atoms. The van der Waals surface area contributed by atoms with E-state index in [0.717, 1.165) is 16.8 Å². The summed E-state index contributed by atoms with van der Waals surface area (Å²) in [6.45, 7) is 0. The monoisotopic (exact) mass is 442 g/mol. The number of hydrogen-bond acceptors (Lipinski definition) is 6. The number of aromatic nitrogens is 3. The molecule has 32 heavy (non-hydrogen) atoms. The lowest BCUT2D eigenvalue weighted by atomic mass is 9.72. The van der Waals surface area contributed by atoms with Crippen molar-refractivity contribution in [1.82, 2.24) is 15.2 Å². The number of ketones is 1. The number of nitrogens with two attached hydrogens (primary N) is 1. The number of nitrogens with one attached hydrogen (secondary N) is 1. The fourth-order valence-electron chi connectivity index (χ4n) is 4.66. The van der Waals surface area contributed by atoms with Crippen LogP contribution in [0.3, 0.4) is 0 Å². The van der Waals surface area contributed by atoms with Gasteiger partial charge < -0.3 is 5.73 Å². The summed E-state index contributed by atoms with van der Waals surface area (Å²) in [4.78, 5) is 19.5. The van der Waals surface area contributed by atoms with Gasteiger partial charge in [0.25, 0.3) is 0 Å². The molecule has 3 aromatic rings. The minimum absolute atomic E-state index is 0.00989. The number of allylic oxidation sites excluding steroid dienone is 3. The summed E-state index contributed by atoms with van der Waals surface area (Å²) in [6.07, 6.45) is 2.29. The minimum Gasteiger partial charge on any atom is -0.384 e. The van der Waals surface area contributed by atoms with E-state index in [4.69, 9.17) is 17.3 Å². The number of rotatable bonds is 3. The fourth-order valence-corrected chi connectivity index (χ4v) is 4.86. The molecule has 158 valence electrons. The van der Waals surface area contributed by atoms with Crippen LogP contribution in [-0.2, 0) is 4.79 Å². The number of halogens is 1. The number of anilines is 1. The molecule has 0 saturated heterocycles. The number of Topliss-reactive ketones (excluding diaryl/α,β-unsaturated/α-hetero) is 1. The van der Waals surface area contributed by atoms with E-state index < -0.39 is 5.92 Å². The molecule has 1 aromatic heterocycles. The number of carbonyl (C=O) groups excluding carboxylic acids is 1. The lowest BCUT2D eigenvalue weighted by molar-refractivity contribution is -0.116. The molecule has 3 N–H and O–H groups in total. The Kier molecular flexibility index (Phi) is 5.00. The lowest BCUT2D eigenvalue weighted by Crippen LogP contribution is -2.40. The molecule has 8 heteroatoms. The van der Waals surface area contributed by atoms with E-state index in [1.165, 1.54) is 6.33 Å². The van der Waals surface area contributed by atoms with E-state index in [1.807, 2.05) is 42.5 Å². The van der Waals surface area contributed by atoms with Crippen molar-refractivity contribution in [3.63, 3.8) is 0 Å². The molecule has 0 fully saturated rings. The first-order valence-corrected chi connectivity index (χ1v) is 10.6. The maximum absolute atomic E-state index is 13.6. The third-order valence-corrected chi connectivity index (χ3v) is 6.27. The normalized spacial score (nSPS) is 20.9. The summed E-state index contributed by atoms with van der Waals surface area (Å²) in [5, 5.41) is 17.4. The largest absolute Gasteiger partial charge is 0.384 e. The molecular formula is C24H19ClN6O. The lowest BCUT2D eigenvalue weighted by Gasteiger charge is -2.40. The Hall–Kier alpha value is -3.89. The first-order chi connectivity index (χ1) is 15.6. The zero-order chi connectivity index (χ0) is 22.2. The third kappa shape index (κ3) is 3.26. The van der Waals surface area contributed by atoms with E-state index in [-0.39, 0.29) is 23.1 Å². The summed E-state index contributed by atoms with van der Waals surface area (Å²) in [7, 11) is 0. The summed E-state index contributed by atoms with van der Waals surface area (Å²) in [5.41, 5.74) is 9.96. The zero-order valence-electron chi connectivity index (χ0n) is 17.0. The molecule has 0 saturated carbocycles. The highest BCUT2D eigenvalue weighted by atomic mass is 35.5. The van der Waals surface area contributed by atoms with Crippen molar-refractivity contribution in [2.24, 2.45) is 5.73 Å². The van der Waals surface area contributed by atoms with E-state index >= 15 is 0 Å². The van der Waals surface area contributed by atoms with Gasteiger partial charge in [0.05, 0.1) is 17.6 Å². The van der Waals surface area contributed by atoms with Crippen molar-refractivity contribution in [2.75, 3.05) is 4.90 Å². The summed E-state index contributed by atoms with van der Waals surface area (Å²) >= 11 is 6.25. The molecule has 2 aromatic carbocycles.